The summed E-state index contributed by atoms with van der Waals surface area (Å²) in [7, 11) is 0. The van der Waals surface area contributed by atoms with Crippen LogP contribution in [0.3, 0.4) is 0 Å². The zero-order chi connectivity index (χ0) is 5.28. The summed E-state index contributed by atoms with van der Waals surface area (Å²) in [5, 5.41) is 0. The third-order valence-corrected chi connectivity index (χ3v) is 1.20. The van der Waals surface area contributed by atoms with Gasteiger partial charge < -0.3 is 4.74 Å². The van der Waals surface area contributed by atoms with Gasteiger partial charge >= 0.3 is 5.97 Å². The minimum atomic E-state index is -0.0417. The molecule has 0 aromatic carbocycles. The van der Waals surface area contributed by atoms with Gasteiger partial charge in [0.2, 0.25) is 0 Å². The number of esters is 1. The molecule has 1 atom stereocenters. The topological polar surface area (TPSA) is 26.3 Å². The molecule has 1 unspecified atom stereocenters. The maximum Gasteiger partial charge on any atom is 0.308 e. The molecule has 1 saturated heterocycles. The summed E-state index contributed by atoms with van der Waals surface area (Å²) in [6.45, 7) is 2.51. The van der Waals surface area contributed by atoms with Gasteiger partial charge in [0, 0.05) is 29.6 Å². The molecule has 0 N–H and O–H groups in total. The van der Waals surface area contributed by atoms with Gasteiger partial charge in [0.15, 0.2) is 0 Å². The van der Waals surface area contributed by atoms with Crippen LogP contribution in [0.5, 0.6) is 0 Å². The van der Waals surface area contributed by atoms with E-state index in [0.29, 0.717) is 6.61 Å². The number of hydrogen-bond acceptors (Lipinski definition) is 2. The molecule has 41 valence electrons. The fraction of sp³-hybridized carbons (Fsp3) is 0.800. The molecular formula is C5H8NaO2. The summed E-state index contributed by atoms with van der Waals surface area (Å²) in [5.74, 6) is 0.111. The first-order valence-corrected chi connectivity index (χ1v) is 2.47. The van der Waals surface area contributed by atoms with Crippen molar-refractivity contribution in [2.75, 3.05) is 6.61 Å². The van der Waals surface area contributed by atoms with E-state index in [1.54, 1.807) is 0 Å². The van der Waals surface area contributed by atoms with E-state index in [1.165, 1.54) is 0 Å². The molecule has 0 saturated carbocycles. The third-order valence-electron chi connectivity index (χ3n) is 1.20. The van der Waals surface area contributed by atoms with Crippen molar-refractivity contribution in [3.63, 3.8) is 0 Å². The summed E-state index contributed by atoms with van der Waals surface area (Å²) in [6.07, 6.45) is 0.902. The third kappa shape index (κ3) is 1.77. The van der Waals surface area contributed by atoms with Gasteiger partial charge in [0.05, 0.1) is 12.5 Å². The number of carbonyl (C=O) groups excluding carboxylic acids is 1. The summed E-state index contributed by atoms with van der Waals surface area (Å²) >= 11 is 0. The zero-order valence-corrected chi connectivity index (χ0v) is 7.31. The molecule has 0 bridgehead atoms. The van der Waals surface area contributed by atoms with E-state index < -0.39 is 0 Å². The van der Waals surface area contributed by atoms with Gasteiger partial charge in [-0.2, -0.15) is 0 Å². The molecule has 2 nitrogen and oxygen atoms in total. The SMILES string of the molecule is CC1CCOC1=O.[Na]. The second kappa shape index (κ2) is 3.49. The number of rotatable bonds is 0. The van der Waals surface area contributed by atoms with Crippen LogP contribution in [0, 0.1) is 5.92 Å². The molecule has 0 amide bonds. The van der Waals surface area contributed by atoms with Gasteiger partial charge in [-0.25, -0.2) is 0 Å². The average Bonchev–Trinajstić information content (AvgIpc) is 1.91. The Kier molecular flexibility index (Phi) is 3.69. The number of cyclic esters (lactones) is 1. The Morgan fingerprint density at radius 1 is 1.75 bits per heavy atom. The van der Waals surface area contributed by atoms with Gasteiger partial charge in [-0.1, -0.05) is 6.92 Å². The van der Waals surface area contributed by atoms with Crippen LogP contribution in [0.15, 0.2) is 0 Å². The summed E-state index contributed by atoms with van der Waals surface area (Å²) in [5.41, 5.74) is 0. The quantitative estimate of drug-likeness (QED) is 0.339. The van der Waals surface area contributed by atoms with E-state index in [-0.39, 0.29) is 41.4 Å². The van der Waals surface area contributed by atoms with Gasteiger partial charge in [0.25, 0.3) is 0 Å². The largest absolute Gasteiger partial charge is 0.465 e. The monoisotopic (exact) mass is 123 g/mol. The Balaban J connectivity index is 0.000000490. The Bertz CT molecular complexity index is 92.4. The first-order chi connectivity index (χ1) is 3.30. The molecule has 0 aromatic heterocycles. The molecule has 8 heavy (non-hydrogen) atoms. The smallest absolute Gasteiger partial charge is 0.308 e. The van der Waals surface area contributed by atoms with Crippen molar-refractivity contribution in [1.82, 2.24) is 0 Å². The standard InChI is InChI=1S/C5H8O2.Na/c1-4-2-3-7-5(4)6;/h4H,2-3H2,1H3;. The Hall–Kier alpha value is 0.470. The fourth-order valence-corrected chi connectivity index (χ4v) is 0.596. The van der Waals surface area contributed by atoms with Crippen molar-refractivity contribution >= 4 is 35.5 Å². The molecule has 3 heteroatoms. The van der Waals surface area contributed by atoms with Crippen LogP contribution in [0.2, 0.25) is 0 Å². The molecule has 0 spiro atoms. The van der Waals surface area contributed by atoms with E-state index in [2.05, 4.69) is 4.74 Å². The van der Waals surface area contributed by atoms with Crippen molar-refractivity contribution in [3.8, 4) is 0 Å². The minimum absolute atomic E-state index is 0. The van der Waals surface area contributed by atoms with Gasteiger partial charge in [-0.15, -0.1) is 0 Å². The van der Waals surface area contributed by atoms with E-state index in [9.17, 15) is 4.79 Å². The first kappa shape index (κ1) is 8.47. The van der Waals surface area contributed by atoms with Crippen molar-refractivity contribution < 1.29 is 9.53 Å². The van der Waals surface area contributed by atoms with Crippen LogP contribution in [-0.4, -0.2) is 42.1 Å². The maximum absolute atomic E-state index is 10.4. The molecule has 1 radical (unpaired) electrons. The number of hydrogen-bond donors (Lipinski definition) is 0. The second-order valence-corrected chi connectivity index (χ2v) is 1.86. The van der Waals surface area contributed by atoms with Crippen LogP contribution in [0.1, 0.15) is 13.3 Å². The van der Waals surface area contributed by atoms with Crippen LogP contribution in [0.4, 0.5) is 0 Å². The maximum atomic E-state index is 10.4. The van der Waals surface area contributed by atoms with E-state index in [0.717, 1.165) is 6.42 Å². The molecule has 1 aliphatic rings. The summed E-state index contributed by atoms with van der Waals surface area (Å²) in [6, 6.07) is 0. The van der Waals surface area contributed by atoms with Gasteiger partial charge in [0.1, 0.15) is 0 Å². The van der Waals surface area contributed by atoms with Crippen LogP contribution in [0.25, 0.3) is 0 Å². The van der Waals surface area contributed by atoms with Gasteiger partial charge in [-0.05, 0) is 6.42 Å². The molecule has 0 aliphatic carbocycles. The summed E-state index contributed by atoms with van der Waals surface area (Å²) in [4.78, 5) is 10.4. The van der Waals surface area contributed by atoms with Crippen molar-refractivity contribution in [2.45, 2.75) is 13.3 Å². The van der Waals surface area contributed by atoms with Gasteiger partial charge in [-0.3, -0.25) is 4.79 Å². The van der Waals surface area contributed by atoms with E-state index in [1.807, 2.05) is 6.92 Å². The Labute approximate surface area is 70.9 Å². The Morgan fingerprint density at radius 2 is 2.38 bits per heavy atom. The van der Waals surface area contributed by atoms with E-state index in [4.69, 9.17) is 0 Å². The molecular weight excluding hydrogens is 115 g/mol. The van der Waals surface area contributed by atoms with Crippen LogP contribution >= 0.6 is 0 Å². The van der Waals surface area contributed by atoms with Crippen molar-refractivity contribution in [3.05, 3.63) is 0 Å². The van der Waals surface area contributed by atoms with Crippen molar-refractivity contribution in [1.29, 1.82) is 0 Å². The predicted molar refractivity (Wildman–Crippen MR) is 30.5 cm³/mol. The van der Waals surface area contributed by atoms with Crippen molar-refractivity contribution in [2.24, 2.45) is 5.92 Å². The zero-order valence-electron chi connectivity index (χ0n) is 5.31. The predicted octanol–water partition coefficient (Wildman–Crippen LogP) is 0.189. The minimum Gasteiger partial charge on any atom is -0.465 e. The molecule has 1 aliphatic heterocycles. The van der Waals surface area contributed by atoms with Crippen LogP contribution in [-0.2, 0) is 9.53 Å². The number of ether oxygens (including phenoxy) is 1. The Morgan fingerprint density at radius 3 is 2.50 bits per heavy atom. The van der Waals surface area contributed by atoms with E-state index >= 15 is 0 Å². The fourth-order valence-electron chi connectivity index (χ4n) is 0.596. The second-order valence-electron chi connectivity index (χ2n) is 1.86. The summed E-state index contributed by atoms with van der Waals surface area (Å²) < 4.78 is 4.63. The molecule has 1 fully saturated rings. The normalized spacial score (nSPS) is 26.6. The van der Waals surface area contributed by atoms with Crippen LogP contribution < -0.4 is 0 Å². The number of carbonyl (C=O) groups is 1. The molecule has 1 heterocycles. The average molecular weight is 123 g/mol. The molecule has 0 aromatic rings. The first-order valence-electron chi connectivity index (χ1n) is 2.47. The molecule has 1 rings (SSSR count).